The van der Waals surface area contributed by atoms with E-state index in [0.717, 1.165) is 32.2 Å². The molecule has 82 valence electrons. The first kappa shape index (κ1) is 11.5. The second-order valence-corrected chi connectivity index (χ2v) is 3.88. The summed E-state index contributed by atoms with van der Waals surface area (Å²) in [6, 6.07) is 0. The zero-order chi connectivity index (χ0) is 10.4. The van der Waals surface area contributed by atoms with Gasteiger partial charge in [-0.1, -0.05) is 6.42 Å². The Morgan fingerprint density at radius 1 is 1.43 bits per heavy atom. The van der Waals surface area contributed by atoms with Gasteiger partial charge >= 0.3 is 0 Å². The molecule has 0 radical (unpaired) electrons. The highest BCUT2D eigenvalue weighted by Crippen LogP contribution is 2.11. The van der Waals surface area contributed by atoms with Crippen LogP contribution < -0.4 is 5.73 Å². The van der Waals surface area contributed by atoms with Crippen LogP contribution in [0.3, 0.4) is 0 Å². The van der Waals surface area contributed by atoms with Crippen LogP contribution in [0.5, 0.6) is 0 Å². The van der Waals surface area contributed by atoms with E-state index in [1.807, 2.05) is 0 Å². The molecule has 1 heterocycles. The van der Waals surface area contributed by atoms with Gasteiger partial charge in [0.15, 0.2) is 0 Å². The lowest BCUT2D eigenvalue weighted by Gasteiger charge is -2.14. The molecule has 4 nitrogen and oxygen atoms in total. The first-order valence-electron chi connectivity index (χ1n) is 5.40. The number of β-amino-alcohol motifs (C(OH)–C–C–N with tert-alkyl or cyclic N) is 1. The minimum atomic E-state index is -0.303. The number of carbonyl (C=O) groups is 1. The molecule has 1 atom stereocenters. The minimum absolute atomic E-state index is 0.179. The average Bonchev–Trinajstić information content (AvgIpc) is 2.59. The van der Waals surface area contributed by atoms with Crippen LogP contribution in [-0.4, -0.2) is 41.7 Å². The number of unbranched alkanes of at least 4 members (excludes halogenated alkanes) is 2. The number of aliphatic hydroxyl groups excluding tert-OH is 1. The van der Waals surface area contributed by atoms with Crippen molar-refractivity contribution in [3.05, 3.63) is 0 Å². The van der Waals surface area contributed by atoms with Crippen molar-refractivity contribution < 1.29 is 9.90 Å². The highest BCUT2D eigenvalue weighted by molar-refractivity contribution is 5.76. The molecule has 0 bridgehead atoms. The molecule has 1 amide bonds. The van der Waals surface area contributed by atoms with E-state index < -0.39 is 0 Å². The summed E-state index contributed by atoms with van der Waals surface area (Å²) in [7, 11) is 0. The number of rotatable bonds is 5. The first-order chi connectivity index (χ1) is 6.74. The van der Waals surface area contributed by atoms with E-state index in [0.29, 0.717) is 19.5 Å². The van der Waals surface area contributed by atoms with E-state index >= 15 is 0 Å². The predicted molar refractivity (Wildman–Crippen MR) is 54.7 cm³/mol. The van der Waals surface area contributed by atoms with Crippen LogP contribution >= 0.6 is 0 Å². The molecule has 1 aliphatic heterocycles. The summed E-state index contributed by atoms with van der Waals surface area (Å²) < 4.78 is 0. The van der Waals surface area contributed by atoms with E-state index in [1.165, 1.54) is 0 Å². The molecule has 1 fully saturated rings. The van der Waals surface area contributed by atoms with E-state index in [-0.39, 0.29) is 12.0 Å². The quantitative estimate of drug-likeness (QED) is 0.618. The topological polar surface area (TPSA) is 66.6 Å². The Hall–Kier alpha value is -0.610. The smallest absolute Gasteiger partial charge is 0.222 e. The van der Waals surface area contributed by atoms with Gasteiger partial charge in [-0.2, -0.15) is 0 Å². The molecule has 0 aromatic carbocycles. The van der Waals surface area contributed by atoms with Gasteiger partial charge in [0.1, 0.15) is 0 Å². The van der Waals surface area contributed by atoms with Crippen LogP contribution in [0, 0.1) is 0 Å². The second kappa shape index (κ2) is 5.98. The molecule has 4 heteroatoms. The van der Waals surface area contributed by atoms with Crippen LogP contribution in [0.1, 0.15) is 32.1 Å². The largest absolute Gasteiger partial charge is 0.391 e. The normalized spacial score (nSPS) is 21.6. The van der Waals surface area contributed by atoms with Crippen molar-refractivity contribution in [3.63, 3.8) is 0 Å². The maximum Gasteiger partial charge on any atom is 0.222 e. The first-order valence-corrected chi connectivity index (χ1v) is 5.40. The van der Waals surface area contributed by atoms with Crippen molar-refractivity contribution in [2.24, 2.45) is 5.73 Å². The van der Waals surface area contributed by atoms with Crippen LogP contribution in [0.2, 0.25) is 0 Å². The van der Waals surface area contributed by atoms with E-state index in [9.17, 15) is 9.90 Å². The number of carbonyl (C=O) groups excluding carboxylic acids is 1. The number of likely N-dealkylation sites (tertiary alicyclic amines) is 1. The monoisotopic (exact) mass is 200 g/mol. The fourth-order valence-corrected chi connectivity index (χ4v) is 1.72. The molecule has 0 aromatic rings. The maximum atomic E-state index is 11.5. The highest BCUT2D eigenvalue weighted by Gasteiger charge is 2.23. The van der Waals surface area contributed by atoms with Crippen molar-refractivity contribution >= 4 is 5.91 Å². The summed E-state index contributed by atoms with van der Waals surface area (Å²) in [6.45, 7) is 1.95. The Balaban J connectivity index is 2.09. The highest BCUT2D eigenvalue weighted by atomic mass is 16.3. The predicted octanol–water partition coefficient (Wildman–Crippen LogP) is 0.0987. The third-order valence-corrected chi connectivity index (χ3v) is 2.61. The molecule has 0 spiro atoms. The molecule has 14 heavy (non-hydrogen) atoms. The standard InChI is InChI=1S/C10H20N2O2/c11-6-3-1-2-4-10(14)12-7-5-9(13)8-12/h9,13H,1-8,11H2/t9-/m1/s1. The Kier molecular flexibility index (Phi) is 4.90. The lowest BCUT2D eigenvalue weighted by Crippen LogP contribution is -2.29. The van der Waals surface area contributed by atoms with Gasteiger partial charge in [-0.05, 0) is 25.8 Å². The Labute approximate surface area is 85.1 Å². The van der Waals surface area contributed by atoms with Crippen molar-refractivity contribution in [3.8, 4) is 0 Å². The lowest BCUT2D eigenvalue weighted by molar-refractivity contribution is -0.130. The molecule has 1 saturated heterocycles. The van der Waals surface area contributed by atoms with Crippen molar-refractivity contribution in [1.29, 1.82) is 0 Å². The summed E-state index contributed by atoms with van der Waals surface area (Å²) in [6.07, 6.45) is 3.97. The van der Waals surface area contributed by atoms with Gasteiger partial charge in [0, 0.05) is 19.5 Å². The fraction of sp³-hybridized carbons (Fsp3) is 0.900. The van der Waals surface area contributed by atoms with Gasteiger partial charge in [-0.25, -0.2) is 0 Å². The zero-order valence-corrected chi connectivity index (χ0v) is 8.61. The number of hydrogen-bond acceptors (Lipinski definition) is 3. The Morgan fingerprint density at radius 2 is 2.21 bits per heavy atom. The fourth-order valence-electron chi connectivity index (χ4n) is 1.72. The summed E-state index contributed by atoms with van der Waals surface area (Å²) in [5, 5.41) is 9.25. The summed E-state index contributed by atoms with van der Waals surface area (Å²) in [5.74, 6) is 0.179. The van der Waals surface area contributed by atoms with Gasteiger partial charge in [0.25, 0.3) is 0 Å². The zero-order valence-electron chi connectivity index (χ0n) is 8.61. The lowest BCUT2D eigenvalue weighted by atomic mass is 10.2. The van der Waals surface area contributed by atoms with Crippen LogP contribution in [0.4, 0.5) is 0 Å². The Morgan fingerprint density at radius 3 is 2.79 bits per heavy atom. The molecule has 0 saturated carbocycles. The molecule has 1 aliphatic rings. The number of aliphatic hydroxyl groups is 1. The molecule has 1 rings (SSSR count). The number of nitrogens with two attached hydrogens (primary N) is 1. The van der Waals surface area contributed by atoms with E-state index in [4.69, 9.17) is 5.73 Å². The van der Waals surface area contributed by atoms with Crippen molar-refractivity contribution in [2.75, 3.05) is 19.6 Å². The third kappa shape index (κ3) is 3.64. The number of amides is 1. The van der Waals surface area contributed by atoms with Crippen molar-refractivity contribution in [1.82, 2.24) is 4.90 Å². The second-order valence-electron chi connectivity index (χ2n) is 3.88. The molecule has 3 N–H and O–H groups in total. The van der Waals surface area contributed by atoms with Gasteiger partial charge in [-0.15, -0.1) is 0 Å². The van der Waals surface area contributed by atoms with E-state index in [1.54, 1.807) is 4.90 Å². The SMILES string of the molecule is NCCCCCC(=O)N1CC[C@@H](O)C1. The Bertz CT molecular complexity index is 185. The van der Waals surface area contributed by atoms with Gasteiger partial charge in [0.05, 0.1) is 6.10 Å². The average molecular weight is 200 g/mol. The van der Waals surface area contributed by atoms with Gasteiger partial charge in [-0.3, -0.25) is 4.79 Å². The van der Waals surface area contributed by atoms with E-state index in [2.05, 4.69) is 0 Å². The molecular formula is C10H20N2O2. The summed E-state index contributed by atoms with van der Waals surface area (Å²) in [5.41, 5.74) is 5.36. The molecular weight excluding hydrogens is 180 g/mol. The van der Waals surface area contributed by atoms with Crippen LogP contribution in [0.25, 0.3) is 0 Å². The third-order valence-electron chi connectivity index (χ3n) is 2.61. The summed E-state index contributed by atoms with van der Waals surface area (Å²) >= 11 is 0. The molecule has 0 aromatic heterocycles. The number of nitrogens with zero attached hydrogens (tertiary/aromatic N) is 1. The molecule has 0 aliphatic carbocycles. The van der Waals surface area contributed by atoms with Crippen LogP contribution in [-0.2, 0) is 4.79 Å². The van der Waals surface area contributed by atoms with Gasteiger partial charge in [0.2, 0.25) is 5.91 Å². The minimum Gasteiger partial charge on any atom is -0.391 e. The van der Waals surface area contributed by atoms with Crippen LogP contribution in [0.15, 0.2) is 0 Å². The number of hydrogen-bond donors (Lipinski definition) is 2. The maximum absolute atomic E-state index is 11.5. The van der Waals surface area contributed by atoms with Gasteiger partial charge < -0.3 is 15.7 Å². The van der Waals surface area contributed by atoms with Crippen molar-refractivity contribution in [2.45, 2.75) is 38.2 Å². The molecule has 0 unspecified atom stereocenters. The summed E-state index contributed by atoms with van der Waals surface area (Å²) in [4.78, 5) is 13.3.